The van der Waals surface area contributed by atoms with Crippen LogP contribution in [0.2, 0.25) is 0 Å². The molecule has 1 unspecified atom stereocenters. The lowest BCUT2D eigenvalue weighted by Crippen LogP contribution is -2.28. The summed E-state index contributed by atoms with van der Waals surface area (Å²) in [5.41, 5.74) is 1.57. The molecule has 0 spiro atoms. The number of nitrogens with one attached hydrogen (secondary N) is 1. The van der Waals surface area contributed by atoms with E-state index < -0.39 is 17.6 Å². The summed E-state index contributed by atoms with van der Waals surface area (Å²) >= 11 is 0. The lowest BCUT2D eigenvalue weighted by Gasteiger charge is -2.19. The van der Waals surface area contributed by atoms with Crippen LogP contribution in [-0.2, 0) is 9.53 Å². The van der Waals surface area contributed by atoms with Crippen molar-refractivity contribution in [2.24, 2.45) is 0 Å². The van der Waals surface area contributed by atoms with E-state index in [1.54, 1.807) is 26.0 Å². The minimum Gasteiger partial charge on any atom is -0.478 e. The number of para-hydroxylation sites is 1. The predicted octanol–water partition coefficient (Wildman–Crippen LogP) is 2.94. The maximum Gasteiger partial charge on any atom is 0.347 e. The molecule has 0 saturated heterocycles. The second-order valence-corrected chi connectivity index (χ2v) is 5.43. The van der Waals surface area contributed by atoms with Gasteiger partial charge < -0.3 is 14.5 Å². The standard InChI is InChI=1S/C19H20N2O4/c1-4-16(19(23)24-5-2)25-17-9-7-6-8-14(17)15-10-13(11-20)18(22)21-12(15)3/h6-10,16H,4-5H2,1-3H3,(H,21,22). The van der Waals surface area contributed by atoms with Crippen LogP contribution < -0.4 is 10.3 Å². The first kappa shape index (κ1) is 18.3. The quantitative estimate of drug-likeness (QED) is 0.816. The van der Waals surface area contributed by atoms with Crippen molar-refractivity contribution in [1.82, 2.24) is 4.98 Å². The van der Waals surface area contributed by atoms with Crippen LogP contribution in [-0.4, -0.2) is 23.7 Å². The Bertz CT molecular complexity index is 864. The number of aromatic nitrogens is 1. The molecule has 1 aromatic heterocycles. The third kappa shape index (κ3) is 4.07. The fraction of sp³-hybridized carbons (Fsp3) is 0.316. The number of hydrogen-bond acceptors (Lipinski definition) is 5. The first-order valence-corrected chi connectivity index (χ1v) is 8.08. The van der Waals surface area contributed by atoms with Gasteiger partial charge in [0.1, 0.15) is 17.4 Å². The topological polar surface area (TPSA) is 92.2 Å². The van der Waals surface area contributed by atoms with Crippen molar-refractivity contribution in [1.29, 1.82) is 5.26 Å². The zero-order valence-corrected chi connectivity index (χ0v) is 14.5. The van der Waals surface area contributed by atoms with Crippen molar-refractivity contribution in [2.45, 2.75) is 33.3 Å². The Kier molecular flexibility index (Phi) is 5.96. The molecule has 2 aromatic rings. The van der Waals surface area contributed by atoms with Crippen LogP contribution in [0.5, 0.6) is 5.75 Å². The number of benzene rings is 1. The molecule has 2 rings (SSSR count). The van der Waals surface area contributed by atoms with E-state index in [9.17, 15) is 9.59 Å². The fourth-order valence-electron chi connectivity index (χ4n) is 2.46. The molecule has 1 N–H and O–H groups in total. The summed E-state index contributed by atoms with van der Waals surface area (Å²) in [6.07, 6.45) is -0.263. The number of H-pyrrole nitrogens is 1. The van der Waals surface area contributed by atoms with Gasteiger partial charge in [-0.25, -0.2) is 4.79 Å². The molecule has 0 radical (unpaired) electrons. The maximum atomic E-state index is 12.0. The summed E-state index contributed by atoms with van der Waals surface area (Å²) < 4.78 is 10.9. The molecular weight excluding hydrogens is 320 g/mol. The van der Waals surface area contributed by atoms with Crippen molar-refractivity contribution in [3.05, 3.63) is 51.9 Å². The van der Waals surface area contributed by atoms with Crippen LogP contribution in [0.15, 0.2) is 35.1 Å². The van der Waals surface area contributed by atoms with Gasteiger partial charge in [-0.2, -0.15) is 5.26 Å². The Morgan fingerprint density at radius 2 is 2.00 bits per heavy atom. The van der Waals surface area contributed by atoms with Crippen LogP contribution in [0.3, 0.4) is 0 Å². The summed E-state index contributed by atoms with van der Waals surface area (Å²) in [5, 5.41) is 9.10. The third-order valence-electron chi connectivity index (χ3n) is 3.73. The van der Waals surface area contributed by atoms with Gasteiger partial charge in [-0.05, 0) is 32.4 Å². The van der Waals surface area contributed by atoms with Crippen LogP contribution in [0.4, 0.5) is 0 Å². The summed E-state index contributed by atoms with van der Waals surface area (Å²) in [7, 11) is 0. The smallest absolute Gasteiger partial charge is 0.347 e. The number of carbonyl (C=O) groups is 1. The van der Waals surface area contributed by atoms with Gasteiger partial charge in [0.15, 0.2) is 6.10 Å². The minimum atomic E-state index is -0.723. The highest BCUT2D eigenvalue weighted by Crippen LogP contribution is 2.32. The molecule has 0 aliphatic rings. The maximum absolute atomic E-state index is 12.0. The zero-order chi connectivity index (χ0) is 18.4. The fourth-order valence-corrected chi connectivity index (χ4v) is 2.46. The van der Waals surface area contributed by atoms with E-state index in [2.05, 4.69) is 4.98 Å². The van der Waals surface area contributed by atoms with Crippen LogP contribution in [0.1, 0.15) is 31.5 Å². The molecule has 6 heteroatoms. The number of aromatic amines is 1. The van der Waals surface area contributed by atoms with E-state index in [1.165, 1.54) is 6.07 Å². The highest BCUT2D eigenvalue weighted by atomic mass is 16.6. The van der Waals surface area contributed by atoms with Gasteiger partial charge in [-0.15, -0.1) is 0 Å². The second-order valence-electron chi connectivity index (χ2n) is 5.43. The van der Waals surface area contributed by atoms with Crippen molar-refractivity contribution in [3.8, 4) is 22.9 Å². The van der Waals surface area contributed by atoms with Crippen LogP contribution >= 0.6 is 0 Å². The Hall–Kier alpha value is -3.07. The first-order valence-electron chi connectivity index (χ1n) is 8.08. The average molecular weight is 340 g/mol. The number of nitriles is 1. The van der Waals surface area contributed by atoms with Crippen molar-refractivity contribution < 1.29 is 14.3 Å². The van der Waals surface area contributed by atoms with Crippen molar-refractivity contribution in [3.63, 3.8) is 0 Å². The average Bonchev–Trinajstić information content (AvgIpc) is 2.60. The van der Waals surface area contributed by atoms with E-state index in [0.29, 0.717) is 29.0 Å². The van der Waals surface area contributed by atoms with Gasteiger partial charge in [0, 0.05) is 16.8 Å². The first-order chi connectivity index (χ1) is 12.0. The van der Waals surface area contributed by atoms with E-state index in [4.69, 9.17) is 14.7 Å². The van der Waals surface area contributed by atoms with Crippen molar-refractivity contribution in [2.75, 3.05) is 6.61 Å². The lowest BCUT2D eigenvalue weighted by molar-refractivity contribution is -0.151. The van der Waals surface area contributed by atoms with Gasteiger partial charge in [0.2, 0.25) is 0 Å². The molecule has 0 saturated carbocycles. The normalized spacial score (nSPS) is 11.4. The number of rotatable bonds is 6. The van der Waals surface area contributed by atoms with Gasteiger partial charge >= 0.3 is 5.97 Å². The molecule has 0 bridgehead atoms. The van der Waals surface area contributed by atoms with E-state index in [-0.39, 0.29) is 12.2 Å². The predicted molar refractivity (Wildman–Crippen MR) is 93.3 cm³/mol. The molecular formula is C19H20N2O4. The summed E-state index contributed by atoms with van der Waals surface area (Å²) in [4.78, 5) is 26.4. The Morgan fingerprint density at radius 1 is 1.28 bits per heavy atom. The van der Waals surface area contributed by atoms with E-state index in [1.807, 2.05) is 25.1 Å². The molecule has 0 aliphatic heterocycles. The molecule has 130 valence electrons. The number of pyridine rings is 1. The van der Waals surface area contributed by atoms with E-state index >= 15 is 0 Å². The van der Waals surface area contributed by atoms with Gasteiger partial charge in [0.05, 0.1) is 6.61 Å². The highest BCUT2D eigenvalue weighted by molar-refractivity contribution is 5.77. The lowest BCUT2D eigenvalue weighted by atomic mass is 10.0. The molecule has 25 heavy (non-hydrogen) atoms. The number of carbonyl (C=O) groups excluding carboxylic acids is 1. The van der Waals surface area contributed by atoms with Gasteiger partial charge in [-0.1, -0.05) is 25.1 Å². The third-order valence-corrected chi connectivity index (χ3v) is 3.73. The van der Waals surface area contributed by atoms with Crippen molar-refractivity contribution >= 4 is 5.97 Å². The van der Waals surface area contributed by atoms with E-state index in [0.717, 1.165) is 0 Å². The number of aryl methyl sites for hydroxylation is 1. The Morgan fingerprint density at radius 3 is 2.64 bits per heavy atom. The zero-order valence-electron chi connectivity index (χ0n) is 14.5. The molecule has 6 nitrogen and oxygen atoms in total. The number of hydrogen-bond donors (Lipinski definition) is 1. The Balaban J connectivity index is 2.47. The summed E-state index contributed by atoms with van der Waals surface area (Å²) in [5.74, 6) is 0.0668. The molecule has 1 atom stereocenters. The second kappa shape index (κ2) is 8.15. The van der Waals surface area contributed by atoms with Gasteiger partial charge in [0.25, 0.3) is 5.56 Å². The summed E-state index contributed by atoms with van der Waals surface area (Å²) in [6.45, 7) is 5.61. The molecule has 1 aromatic carbocycles. The number of nitrogens with zero attached hydrogens (tertiary/aromatic N) is 1. The monoisotopic (exact) mass is 340 g/mol. The van der Waals surface area contributed by atoms with Crippen LogP contribution in [0, 0.1) is 18.3 Å². The number of esters is 1. The molecule has 0 aliphatic carbocycles. The summed E-state index contributed by atoms with van der Waals surface area (Å²) in [6, 6.07) is 10.6. The molecule has 0 fully saturated rings. The largest absolute Gasteiger partial charge is 0.478 e. The molecule has 0 amide bonds. The van der Waals surface area contributed by atoms with Gasteiger partial charge in [-0.3, -0.25) is 4.79 Å². The molecule has 1 heterocycles. The number of ether oxygens (including phenoxy) is 2. The van der Waals surface area contributed by atoms with Crippen LogP contribution in [0.25, 0.3) is 11.1 Å². The minimum absolute atomic E-state index is 0.0211. The highest BCUT2D eigenvalue weighted by Gasteiger charge is 2.21. The Labute approximate surface area is 146 Å². The SMILES string of the molecule is CCOC(=O)C(CC)Oc1ccccc1-c1cc(C#N)c(=O)[nH]c1C.